The molecule has 1 aliphatic rings. The Morgan fingerprint density at radius 3 is 3.14 bits per heavy atom. The molecule has 0 aromatic carbocycles. The molecule has 0 aliphatic carbocycles. The lowest BCUT2D eigenvalue weighted by Gasteiger charge is -2.30. The number of hydrogen-bond donors (Lipinski definition) is 2. The van der Waals surface area contributed by atoms with Crippen LogP contribution in [-0.2, 0) is 7.05 Å². The van der Waals surface area contributed by atoms with E-state index in [1.54, 1.807) is 10.9 Å². The van der Waals surface area contributed by atoms with Gasteiger partial charge in [-0.3, -0.25) is 0 Å². The molecule has 0 radical (unpaired) electrons. The van der Waals surface area contributed by atoms with Gasteiger partial charge in [0.2, 0.25) is 0 Å². The number of aromatic nitrogens is 3. The van der Waals surface area contributed by atoms with E-state index in [0.29, 0.717) is 12.1 Å². The number of piperidine rings is 1. The summed E-state index contributed by atoms with van der Waals surface area (Å²) in [6.45, 7) is 3.34. The fourth-order valence-corrected chi connectivity index (χ4v) is 1.85. The highest BCUT2D eigenvalue weighted by molar-refractivity contribution is 5.32. The van der Waals surface area contributed by atoms with Gasteiger partial charge in [0.15, 0.2) is 0 Å². The van der Waals surface area contributed by atoms with Crippen molar-refractivity contribution in [3.8, 4) is 0 Å². The molecule has 2 N–H and O–H groups in total. The molecule has 78 valence electrons. The van der Waals surface area contributed by atoms with Crippen molar-refractivity contribution in [2.24, 2.45) is 7.05 Å². The summed E-state index contributed by atoms with van der Waals surface area (Å²) < 4.78 is 1.77. The van der Waals surface area contributed by atoms with Crippen molar-refractivity contribution in [3.05, 3.63) is 6.20 Å². The molecule has 0 saturated carbocycles. The molecule has 5 heteroatoms. The molecule has 1 fully saturated rings. The number of nitrogens with one attached hydrogen (secondary N) is 2. The molecule has 0 spiro atoms. The summed E-state index contributed by atoms with van der Waals surface area (Å²) in [5, 5.41) is 14.6. The fourth-order valence-electron chi connectivity index (χ4n) is 1.85. The molecule has 0 bridgehead atoms. The Bertz CT molecular complexity index is 295. The van der Waals surface area contributed by atoms with Gasteiger partial charge < -0.3 is 10.6 Å². The van der Waals surface area contributed by atoms with Crippen LogP contribution in [0.1, 0.15) is 19.8 Å². The SMILES string of the molecule is C[C@@H]1NCCC[C@@H]1Nc1cnnn1C. The first-order valence-electron chi connectivity index (χ1n) is 5.12. The van der Waals surface area contributed by atoms with Crippen LogP contribution in [0.4, 0.5) is 5.82 Å². The van der Waals surface area contributed by atoms with Gasteiger partial charge in [0.05, 0.1) is 6.20 Å². The van der Waals surface area contributed by atoms with Gasteiger partial charge in [-0.2, -0.15) is 0 Å². The van der Waals surface area contributed by atoms with Crippen molar-refractivity contribution in [1.82, 2.24) is 20.3 Å². The van der Waals surface area contributed by atoms with Gasteiger partial charge in [-0.1, -0.05) is 5.21 Å². The standard InChI is InChI=1S/C9H17N5/c1-7-8(4-3-5-10-7)12-9-6-11-13-14(9)2/h6-8,10,12H,3-5H2,1-2H3/t7-,8-/m0/s1. The zero-order valence-electron chi connectivity index (χ0n) is 8.70. The highest BCUT2D eigenvalue weighted by atomic mass is 15.4. The summed E-state index contributed by atoms with van der Waals surface area (Å²) in [4.78, 5) is 0. The minimum atomic E-state index is 0.487. The van der Waals surface area contributed by atoms with Crippen molar-refractivity contribution in [3.63, 3.8) is 0 Å². The van der Waals surface area contributed by atoms with Gasteiger partial charge >= 0.3 is 0 Å². The molecular formula is C9H17N5. The Morgan fingerprint density at radius 2 is 2.50 bits per heavy atom. The van der Waals surface area contributed by atoms with Crippen LogP contribution in [0.15, 0.2) is 6.20 Å². The maximum atomic E-state index is 3.89. The molecule has 2 heterocycles. The van der Waals surface area contributed by atoms with Crippen LogP contribution >= 0.6 is 0 Å². The summed E-state index contributed by atoms with van der Waals surface area (Å²) in [7, 11) is 1.90. The third kappa shape index (κ3) is 1.87. The zero-order chi connectivity index (χ0) is 9.97. The highest BCUT2D eigenvalue weighted by Crippen LogP contribution is 2.13. The Kier molecular flexibility index (Phi) is 2.67. The third-order valence-corrected chi connectivity index (χ3v) is 2.81. The molecule has 5 nitrogen and oxygen atoms in total. The maximum Gasteiger partial charge on any atom is 0.144 e. The van der Waals surface area contributed by atoms with E-state index in [0.717, 1.165) is 12.4 Å². The van der Waals surface area contributed by atoms with Crippen LogP contribution in [0, 0.1) is 0 Å². The number of rotatable bonds is 2. The second kappa shape index (κ2) is 3.96. The zero-order valence-corrected chi connectivity index (χ0v) is 8.70. The van der Waals surface area contributed by atoms with Crippen molar-refractivity contribution in [2.75, 3.05) is 11.9 Å². The fraction of sp³-hybridized carbons (Fsp3) is 0.778. The Morgan fingerprint density at radius 1 is 1.64 bits per heavy atom. The Hall–Kier alpha value is -1.10. The van der Waals surface area contributed by atoms with Gasteiger partial charge in [0.25, 0.3) is 0 Å². The number of aryl methyl sites for hydroxylation is 1. The average Bonchev–Trinajstić information content (AvgIpc) is 2.56. The minimum Gasteiger partial charge on any atom is -0.365 e. The number of nitrogens with zero attached hydrogens (tertiary/aromatic N) is 3. The van der Waals surface area contributed by atoms with Crippen molar-refractivity contribution in [2.45, 2.75) is 31.8 Å². The van der Waals surface area contributed by atoms with Crippen LogP contribution in [0.5, 0.6) is 0 Å². The summed E-state index contributed by atoms with van der Waals surface area (Å²) in [6, 6.07) is 1.000. The maximum absolute atomic E-state index is 3.89. The summed E-state index contributed by atoms with van der Waals surface area (Å²) in [6.07, 6.45) is 4.20. The van der Waals surface area contributed by atoms with E-state index in [1.165, 1.54) is 12.8 Å². The van der Waals surface area contributed by atoms with Crippen LogP contribution in [0.25, 0.3) is 0 Å². The monoisotopic (exact) mass is 195 g/mol. The molecule has 14 heavy (non-hydrogen) atoms. The molecule has 2 atom stereocenters. The van der Waals surface area contributed by atoms with E-state index in [4.69, 9.17) is 0 Å². The lowest BCUT2D eigenvalue weighted by molar-refractivity contribution is 0.387. The van der Waals surface area contributed by atoms with Crippen LogP contribution < -0.4 is 10.6 Å². The quantitative estimate of drug-likeness (QED) is 0.716. The lowest BCUT2D eigenvalue weighted by Crippen LogP contribution is -2.46. The molecule has 1 aromatic rings. The minimum absolute atomic E-state index is 0.487. The molecule has 2 rings (SSSR count). The number of anilines is 1. The molecule has 1 saturated heterocycles. The van der Waals surface area contributed by atoms with Crippen molar-refractivity contribution < 1.29 is 0 Å². The number of hydrogen-bond acceptors (Lipinski definition) is 4. The van der Waals surface area contributed by atoms with Gasteiger partial charge in [0, 0.05) is 19.1 Å². The Labute approximate surface area is 83.9 Å². The predicted octanol–water partition coefficient (Wildman–Crippen LogP) is 0.367. The van der Waals surface area contributed by atoms with Crippen LogP contribution in [-0.4, -0.2) is 33.6 Å². The first kappa shape index (κ1) is 9.45. The van der Waals surface area contributed by atoms with E-state index in [9.17, 15) is 0 Å². The van der Waals surface area contributed by atoms with Gasteiger partial charge in [-0.05, 0) is 26.3 Å². The predicted molar refractivity (Wildman–Crippen MR) is 55.1 cm³/mol. The lowest BCUT2D eigenvalue weighted by atomic mass is 10.00. The van der Waals surface area contributed by atoms with Crippen LogP contribution in [0.3, 0.4) is 0 Å². The van der Waals surface area contributed by atoms with E-state index in [1.807, 2.05) is 7.05 Å². The molecule has 1 aliphatic heterocycles. The van der Waals surface area contributed by atoms with E-state index in [-0.39, 0.29) is 0 Å². The first-order chi connectivity index (χ1) is 6.77. The summed E-state index contributed by atoms with van der Waals surface area (Å²) in [5.74, 6) is 0.991. The van der Waals surface area contributed by atoms with Gasteiger partial charge in [-0.15, -0.1) is 5.10 Å². The van der Waals surface area contributed by atoms with Gasteiger partial charge in [-0.25, -0.2) is 4.68 Å². The summed E-state index contributed by atoms with van der Waals surface area (Å²) >= 11 is 0. The molecular weight excluding hydrogens is 178 g/mol. The summed E-state index contributed by atoms with van der Waals surface area (Å²) in [5.41, 5.74) is 0. The molecule has 0 unspecified atom stereocenters. The van der Waals surface area contributed by atoms with Gasteiger partial charge in [0.1, 0.15) is 5.82 Å². The normalized spacial score (nSPS) is 27.6. The molecule has 1 aromatic heterocycles. The third-order valence-electron chi connectivity index (χ3n) is 2.81. The highest BCUT2D eigenvalue weighted by Gasteiger charge is 2.21. The van der Waals surface area contributed by atoms with Crippen molar-refractivity contribution in [1.29, 1.82) is 0 Å². The van der Waals surface area contributed by atoms with Crippen LogP contribution in [0.2, 0.25) is 0 Å². The second-order valence-corrected chi connectivity index (χ2v) is 3.88. The van der Waals surface area contributed by atoms with E-state index >= 15 is 0 Å². The van der Waals surface area contributed by atoms with Crippen molar-refractivity contribution >= 4 is 5.82 Å². The van der Waals surface area contributed by atoms with E-state index in [2.05, 4.69) is 27.9 Å². The first-order valence-corrected chi connectivity index (χ1v) is 5.12. The largest absolute Gasteiger partial charge is 0.365 e. The second-order valence-electron chi connectivity index (χ2n) is 3.88. The molecule has 0 amide bonds. The smallest absolute Gasteiger partial charge is 0.144 e. The van der Waals surface area contributed by atoms with E-state index < -0.39 is 0 Å². The topological polar surface area (TPSA) is 54.8 Å². The average molecular weight is 195 g/mol. The Balaban J connectivity index is 1.99.